The van der Waals surface area contributed by atoms with Crippen molar-refractivity contribution in [3.63, 3.8) is 0 Å². The lowest BCUT2D eigenvalue weighted by Crippen LogP contribution is -2.48. The zero-order chi connectivity index (χ0) is 20.4. The zero-order valence-electron chi connectivity index (χ0n) is 15.5. The van der Waals surface area contributed by atoms with Gasteiger partial charge in [0.05, 0.1) is 10.8 Å². The molecule has 1 unspecified atom stereocenters. The molecule has 1 aromatic carbocycles. The van der Waals surface area contributed by atoms with E-state index in [0.29, 0.717) is 44.8 Å². The van der Waals surface area contributed by atoms with Crippen LogP contribution in [0.5, 0.6) is 0 Å². The number of nitro groups is 1. The van der Waals surface area contributed by atoms with Crippen LogP contribution in [-0.2, 0) is 9.59 Å². The molecular formula is C18H22N4O6. The van der Waals surface area contributed by atoms with E-state index in [4.69, 9.17) is 5.11 Å². The van der Waals surface area contributed by atoms with E-state index < -0.39 is 22.7 Å². The van der Waals surface area contributed by atoms with Crippen molar-refractivity contribution in [1.82, 2.24) is 9.80 Å². The van der Waals surface area contributed by atoms with Gasteiger partial charge < -0.3 is 19.8 Å². The second-order valence-electron chi connectivity index (χ2n) is 7.03. The number of carboxylic acids is 1. The van der Waals surface area contributed by atoms with E-state index in [9.17, 15) is 24.5 Å². The maximum absolute atomic E-state index is 12.6. The number of amides is 2. The molecule has 10 nitrogen and oxygen atoms in total. The average molecular weight is 390 g/mol. The molecular weight excluding hydrogens is 368 g/mol. The maximum atomic E-state index is 12.6. The summed E-state index contributed by atoms with van der Waals surface area (Å²) in [6.45, 7) is 3.83. The molecule has 2 aliphatic heterocycles. The molecule has 0 saturated carbocycles. The Hall–Kier alpha value is -3.17. The highest BCUT2D eigenvalue weighted by atomic mass is 16.6. The number of nitro benzene ring substituents is 1. The van der Waals surface area contributed by atoms with Crippen LogP contribution in [0.3, 0.4) is 0 Å². The Bertz CT molecular complexity index is 818. The van der Waals surface area contributed by atoms with Crippen LogP contribution in [0.15, 0.2) is 18.2 Å². The van der Waals surface area contributed by atoms with Gasteiger partial charge in [0.15, 0.2) is 0 Å². The monoisotopic (exact) mass is 390 g/mol. The Morgan fingerprint density at radius 1 is 1.11 bits per heavy atom. The topological polar surface area (TPSA) is 124 Å². The lowest BCUT2D eigenvalue weighted by atomic mass is 10.1. The van der Waals surface area contributed by atoms with Crippen molar-refractivity contribution in [3.8, 4) is 0 Å². The second kappa shape index (κ2) is 7.83. The molecule has 2 aliphatic rings. The largest absolute Gasteiger partial charge is 0.481 e. The Kier molecular flexibility index (Phi) is 5.48. The molecule has 2 saturated heterocycles. The first-order valence-electron chi connectivity index (χ1n) is 9.09. The standard InChI is InChI=1S/C18H22N4O6/c1-12(23)19-6-8-20(9-7-19)15-3-2-13(10-16(15)22(27)28)17(24)21-5-4-14(11-21)18(25)26/h2-3,10,14H,4-9,11H2,1H3,(H,25,26). The Morgan fingerprint density at radius 3 is 2.32 bits per heavy atom. The zero-order valence-corrected chi connectivity index (χ0v) is 15.5. The Labute approximate surface area is 161 Å². The first-order valence-corrected chi connectivity index (χ1v) is 9.09. The summed E-state index contributed by atoms with van der Waals surface area (Å²) in [6, 6.07) is 4.35. The quantitative estimate of drug-likeness (QED) is 0.596. The highest BCUT2D eigenvalue weighted by Gasteiger charge is 2.32. The molecule has 0 aliphatic carbocycles. The third kappa shape index (κ3) is 3.90. The number of carboxylic acid groups (broad SMARTS) is 1. The smallest absolute Gasteiger partial charge is 0.308 e. The van der Waals surface area contributed by atoms with Crippen LogP contribution in [0.25, 0.3) is 0 Å². The Balaban J connectivity index is 1.78. The van der Waals surface area contributed by atoms with Gasteiger partial charge in [-0.25, -0.2) is 0 Å². The van der Waals surface area contributed by atoms with Gasteiger partial charge in [-0.15, -0.1) is 0 Å². The van der Waals surface area contributed by atoms with Crippen LogP contribution in [0.1, 0.15) is 23.7 Å². The first kappa shape index (κ1) is 19.6. The number of carbonyl (C=O) groups is 3. The molecule has 3 rings (SSSR count). The molecule has 2 fully saturated rings. The lowest BCUT2D eigenvalue weighted by molar-refractivity contribution is -0.384. The van der Waals surface area contributed by atoms with Gasteiger partial charge in [-0.3, -0.25) is 24.5 Å². The van der Waals surface area contributed by atoms with Crippen LogP contribution in [-0.4, -0.2) is 76.9 Å². The fourth-order valence-corrected chi connectivity index (χ4v) is 3.66. The molecule has 0 spiro atoms. The maximum Gasteiger partial charge on any atom is 0.308 e. The SMILES string of the molecule is CC(=O)N1CCN(c2ccc(C(=O)N3CCC(C(=O)O)C3)cc2[N+](=O)[O-])CC1. The van der Waals surface area contributed by atoms with Gasteiger partial charge in [0.1, 0.15) is 5.69 Å². The van der Waals surface area contributed by atoms with Crippen LogP contribution in [0.4, 0.5) is 11.4 Å². The van der Waals surface area contributed by atoms with Crippen molar-refractivity contribution in [1.29, 1.82) is 0 Å². The number of aliphatic carboxylic acids is 1. The number of nitrogens with zero attached hydrogens (tertiary/aromatic N) is 4. The summed E-state index contributed by atoms with van der Waals surface area (Å²) in [5.41, 5.74) is 0.412. The van der Waals surface area contributed by atoms with Crippen molar-refractivity contribution in [2.75, 3.05) is 44.2 Å². The summed E-state index contributed by atoms with van der Waals surface area (Å²) in [7, 11) is 0. The fourth-order valence-electron chi connectivity index (χ4n) is 3.66. The van der Waals surface area contributed by atoms with Gasteiger partial charge in [-0.05, 0) is 18.6 Å². The molecule has 0 bridgehead atoms. The molecule has 0 radical (unpaired) electrons. The number of anilines is 1. The number of likely N-dealkylation sites (tertiary alicyclic amines) is 1. The highest BCUT2D eigenvalue weighted by Crippen LogP contribution is 2.31. The summed E-state index contributed by atoms with van der Waals surface area (Å²) in [5.74, 6) is -1.97. The molecule has 1 N–H and O–H groups in total. The van der Waals surface area contributed by atoms with E-state index in [0.717, 1.165) is 0 Å². The van der Waals surface area contributed by atoms with E-state index in [2.05, 4.69) is 0 Å². The van der Waals surface area contributed by atoms with Crippen molar-refractivity contribution in [2.24, 2.45) is 5.92 Å². The third-order valence-electron chi connectivity index (χ3n) is 5.31. The minimum atomic E-state index is -0.943. The molecule has 28 heavy (non-hydrogen) atoms. The summed E-state index contributed by atoms with van der Waals surface area (Å²) in [6.07, 6.45) is 0.377. The molecule has 2 amide bonds. The first-order chi connectivity index (χ1) is 13.3. The van der Waals surface area contributed by atoms with Gasteiger partial charge in [0.2, 0.25) is 5.91 Å². The minimum Gasteiger partial charge on any atom is -0.481 e. The minimum absolute atomic E-state index is 0.0274. The number of carbonyl (C=O) groups excluding carboxylic acids is 2. The number of rotatable bonds is 4. The normalized spacial score (nSPS) is 19.6. The molecule has 1 aromatic rings. The summed E-state index contributed by atoms with van der Waals surface area (Å²) in [4.78, 5) is 51.2. The fraction of sp³-hybridized carbons (Fsp3) is 0.500. The molecule has 0 aromatic heterocycles. The predicted molar refractivity (Wildman–Crippen MR) is 99.2 cm³/mol. The number of hydrogen-bond donors (Lipinski definition) is 1. The van der Waals surface area contributed by atoms with Crippen LogP contribution in [0, 0.1) is 16.0 Å². The van der Waals surface area contributed by atoms with Crippen LogP contribution >= 0.6 is 0 Å². The number of benzene rings is 1. The predicted octanol–water partition coefficient (Wildman–Crippen LogP) is 0.810. The molecule has 150 valence electrons. The van der Waals surface area contributed by atoms with E-state index in [1.54, 1.807) is 11.0 Å². The van der Waals surface area contributed by atoms with E-state index in [-0.39, 0.29) is 23.7 Å². The second-order valence-corrected chi connectivity index (χ2v) is 7.03. The van der Waals surface area contributed by atoms with Crippen molar-refractivity contribution in [3.05, 3.63) is 33.9 Å². The molecule has 2 heterocycles. The Morgan fingerprint density at radius 2 is 1.79 bits per heavy atom. The summed E-state index contributed by atoms with van der Waals surface area (Å²) < 4.78 is 0. The van der Waals surface area contributed by atoms with Gasteiger partial charge >= 0.3 is 5.97 Å². The third-order valence-corrected chi connectivity index (χ3v) is 5.31. The van der Waals surface area contributed by atoms with Crippen LogP contribution in [0.2, 0.25) is 0 Å². The van der Waals surface area contributed by atoms with Crippen LogP contribution < -0.4 is 4.90 Å². The van der Waals surface area contributed by atoms with Gasteiger partial charge in [0.25, 0.3) is 11.6 Å². The van der Waals surface area contributed by atoms with E-state index >= 15 is 0 Å². The number of hydrogen-bond acceptors (Lipinski definition) is 6. The van der Waals surface area contributed by atoms with E-state index in [1.807, 2.05) is 4.90 Å². The summed E-state index contributed by atoms with van der Waals surface area (Å²) in [5, 5.41) is 20.7. The lowest BCUT2D eigenvalue weighted by Gasteiger charge is -2.35. The van der Waals surface area contributed by atoms with Crippen molar-refractivity contribution in [2.45, 2.75) is 13.3 Å². The molecule has 1 atom stereocenters. The molecule has 10 heteroatoms. The van der Waals surface area contributed by atoms with Gasteiger partial charge in [-0.2, -0.15) is 0 Å². The van der Waals surface area contributed by atoms with E-state index in [1.165, 1.54) is 24.0 Å². The van der Waals surface area contributed by atoms with Crippen molar-refractivity contribution < 1.29 is 24.4 Å². The summed E-state index contributed by atoms with van der Waals surface area (Å²) >= 11 is 0. The van der Waals surface area contributed by atoms with Gasteiger partial charge in [0, 0.05) is 57.8 Å². The highest BCUT2D eigenvalue weighted by molar-refractivity contribution is 5.96. The number of piperazine rings is 1. The average Bonchev–Trinajstić information content (AvgIpc) is 3.17. The van der Waals surface area contributed by atoms with Gasteiger partial charge in [-0.1, -0.05) is 0 Å². The van der Waals surface area contributed by atoms with Crippen molar-refractivity contribution >= 4 is 29.2 Å².